The monoisotopic (exact) mass is 236 g/mol. The molecule has 0 saturated carbocycles. The molecule has 0 radical (unpaired) electrons. The predicted octanol–water partition coefficient (Wildman–Crippen LogP) is 1.78. The van der Waals surface area contributed by atoms with Crippen molar-refractivity contribution < 1.29 is 9.18 Å². The Morgan fingerprint density at radius 1 is 1.24 bits per heavy atom. The molecule has 1 saturated heterocycles. The molecule has 1 aromatic carbocycles. The number of rotatable bonds is 2. The van der Waals surface area contributed by atoms with E-state index in [9.17, 15) is 9.18 Å². The second kappa shape index (κ2) is 4.84. The average molecular weight is 236 g/mol. The Hall–Kier alpha value is -1.42. The predicted molar refractivity (Wildman–Crippen MR) is 66.1 cm³/mol. The zero-order valence-electron chi connectivity index (χ0n) is 10.2. The fourth-order valence-electron chi connectivity index (χ4n) is 2.03. The van der Waals surface area contributed by atoms with Crippen molar-refractivity contribution in [3.05, 3.63) is 29.6 Å². The van der Waals surface area contributed by atoms with Crippen LogP contribution in [-0.2, 0) is 0 Å². The van der Waals surface area contributed by atoms with E-state index < -0.39 is 0 Å². The van der Waals surface area contributed by atoms with E-state index in [1.807, 2.05) is 4.90 Å². The first-order chi connectivity index (χ1) is 8.08. The normalized spacial score (nSPS) is 17.2. The molecular formula is C13H17FN2O. The molecule has 1 fully saturated rings. The summed E-state index contributed by atoms with van der Waals surface area (Å²) in [5.74, 6) is -0.406. The van der Waals surface area contributed by atoms with E-state index in [0.717, 1.165) is 26.2 Å². The zero-order chi connectivity index (χ0) is 12.4. The van der Waals surface area contributed by atoms with E-state index in [4.69, 9.17) is 0 Å². The lowest BCUT2D eigenvalue weighted by molar-refractivity contribution is 0.101. The van der Waals surface area contributed by atoms with Crippen molar-refractivity contribution in [2.45, 2.75) is 6.92 Å². The number of likely N-dealkylation sites (N-methyl/N-ethyl adjacent to an activating group) is 1. The van der Waals surface area contributed by atoms with Gasteiger partial charge in [0.25, 0.3) is 0 Å². The number of Topliss-reactive ketones (excluding diaryl/α,β-unsaturated/α-hetero) is 1. The van der Waals surface area contributed by atoms with Gasteiger partial charge in [0.2, 0.25) is 0 Å². The van der Waals surface area contributed by atoms with Gasteiger partial charge in [-0.15, -0.1) is 0 Å². The number of hydrogen-bond donors (Lipinski definition) is 0. The molecule has 17 heavy (non-hydrogen) atoms. The summed E-state index contributed by atoms with van der Waals surface area (Å²) < 4.78 is 13.9. The van der Waals surface area contributed by atoms with E-state index >= 15 is 0 Å². The number of nitrogens with zero attached hydrogens (tertiary/aromatic N) is 2. The number of halogens is 1. The second-order valence-corrected chi connectivity index (χ2v) is 4.51. The highest BCUT2D eigenvalue weighted by atomic mass is 19.1. The fraction of sp³-hybridized carbons (Fsp3) is 0.462. The van der Waals surface area contributed by atoms with Crippen LogP contribution in [0.25, 0.3) is 0 Å². The van der Waals surface area contributed by atoms with Crippen LogP contribution in [0.15, 0.2) is 18.2 Å². The maximum absolute atomic E-state index is 13.9. The quantitative estimate of drug-likeness (QED) is 0.731. The molecule has 2 rings (SSSR count). The van der Waals surface area contributed by atoms with Gasteiger partial charge in [0.1, 0.15) is 5.82 Å². The number of benzene rings is 1. The number of ketones is 1. The Bertz CT molecular complexity index is 425. The summed E-state index contributed by atoms with van der Waals surface area (Å²) >= 11 is 0. The Balaban J connectivity index is 2.19. The summed E-state index contributed by atoms with van der Waals surface area (Å²) in [6.45, 7) is 4.98. The third kappa shape index (κ3) is 2.64. The third-order valence-electron chi connectivity index (χ3n) is 3.20. The first-order valence-electron chi connectivity index (χ1n) is 5.82. The van der Waals surface area contributed by atoms with Gasteiger partial charge in [-0.05, 0) is 32.2 Å². The zero-order valence-corrected chi connectivity index (χ0v) is 10.2. The Kier molecular flexibility index (Phi) is 3.43. The molecule has 0 spiro atoms. The van der Waals surface area contributed by atoms with E-state index in [2.05, 4.69) is 11.9 Å². The van der Waals surface area contributed by atoms with Crippen molar-refractivity contribution in [1.29, 1.82) is 0 Å². The number of hydrogen-bond acceptors (Lipinski definition) is 3. The molecule has 1 heterocycles. The molecule has 0 aromatic heterocycles. The average Bonchev–Trinajstić information content (AvgIpc) is 2.30. The van der Waals surface area contributed by atoms with Crippen LogP contribution in [0.1, 0.15) is 17.3 Å². The molecule has 4 heteroatoms. The van der Waals surface area contributed by atoms with Crippen molar-refractivity contribution in [1.82, 2.24) is 4.90 Å². The highest BCUT2D eigenvalue weighted by Crippen LogP contribution is 2.21. The Morgan fingerprint density at radius 3 is 2.41 bits per heavy atom. The lowest BCUT2D eigenvalue weighted by atomic mass is 10.1. The highest BCUT2D eigenvalue weighted by Gasteiger charge is 2.17. The van der Waals surface area contributed by atoms with Crippen LogP contribution in [0.4, 0.5) is 10.1 Å². The second-order valence-electron chi connectivity index (χ2n) is 4.51. The van der Waals surface area contributed by atoms with Gasteiger partial charge in [-0.1, -0.05) is 0 Å². The largest absolute Gasteiger partial charge is 0.367 e. The maximum atomic E-state index is 13.9. The molecule has 0 atom stereocenters. The molecule has 0 N–H and O–H groups in total. The van der Waals surface area contributed by atoms with Crippen molar-refractivity contribution in [2.75, 3.05) is 38.1 Å². The van der Waals surface area contributed by atoms with Gasteiger partial charge in [0.05, 0.1) is 5.69 Å². The summed E-state index contributed by atoms with van der Waals surface area (Å²) in [5.41, 5.74) is 1.03. The molecular weight excluding hydrogens is 219 g/mol. The van der Waals surface area contributed by atoms with Gasteiger partial charge >= 0.3 is 0 Å². The number of anilines is 1. The minimum atomic E-state index is -0.303. The van der Waals surface area contributed by atoms with Crippen LogP contribution >= 0.6 is 0 Å². The summed E-state index contributed by atoms with van der Waals surface area (Å²) in [4.78, 5) is 15.4. The molecule has 1 aliphatic heterocycles. The topological polar surface area (TPSA) is 23.6 Å². The lowest BCUT2D eigenvalue weighted by Gasteiger charge is -2.34. The van der Waals surface area contributed by atoms with E-state index in [0.29, 0.717) is 11.3 Å². The van der Waals surface area contributed by atoms with Crippen LogP contribution in [-0.4, -0.2) is 43.9 Å². The minimum absolute atomic E-state index is 0.103. The number of piperazine rings is 1. The van der Waals surface area contributed by atoms with Gasteiger partial charge in [-0.3, -0.25) is 4.79 Å². The fourth-order valence-corrected chi connectivity index (χ4v) is 2.03. The van der Waals surface area contributed by atoms with Crippen molar-refractivity contribution in [3.8, 4) is 0 Å². The Morgan fingerprint density at radius 2 is 1.88 bits per heavy atom. The maximum Gasteiger partial charge on any atom is 0.159 e. The highest BCUT2D eigenvalue weighted by molar-refractivity contribution is 5.94. The molecule has 0 amide bonds. The van der Waals surface area contributed by atoms with Gasteiger partial charge < -0.3 is 9.80 Å². The summed E-state index contributed by atoms with van der Waals surface area (Å²) in [7, 11) is 2.06. The standard InChI is InChI=1S/C13H17FN2O/c1-10(17)11-3-4-13(12(14)9-11)16-7-5-15(2)6-8-16/h3-4,9H,5-8H2,1-2H3. The van der Waals surface area contributed by atoms with Crippen LogP contribution in [0.3, 0.4) is 0 Å². The molecule has 1 aromatic rings. The van der Waals surface area contributed by atoms with Gasteiger partial charge in [-0.2, -0.15) is 0 Å². The molecule has 3 nitrogen and oxygen atoms in total. The van der Waals surface area contributed by atoms with Crippen LogP contribution in [0, 0.1) is 5.82 Å². The smallest absolute Gasteiger partial charge is 0.159 e. The molecule has 0 bridgehead atoms. The molecule has 1 aliphatic rings. The minimum Gasteiger partial charge on any atom is -0.367 e. The first kappa shape index (κ1) is 12.0. The molecule has 92 valence electrons. The van der Waals surface area contributed by atoms with Crippen molar-refractivity contribution in [2.24, 2.45) is 0 Å². The van der Waals surface area contributed by atoms with Crippen molar-refractivity contribution >= 4 is 11.5 Å². The molecule has 0 aliphatic carbocycles. The van der Waals surface area contributed by atoms with Crippen LogP contribution in [0.2, 0.25) is 0 Å². The lowest BCUT2D eigenvalue weighted by Crippen LogP contribution is -2.44. The third-order valence-corrected chi connectivity index (χ3v) is 3.20. The molecule has 0 unspecified atom stereocenters. The van der Waals surface area contributed by atoms with Gasteiger partial charge in [0.15, 0.2) is 5.78 Å². The summed E-state index contributed by atoms with van der Waals surface area (Å²) in [5, 5.41) is 0. The van der Waals surface area contributed by atoms with E-state index in [1.54, 1.807) is 12.1 Å². The van der Waals surface area contributed by atoms with Gasteiger partial charge in [-0.25, -0.2) is 4.39 Å². The number of carbonyl (C=O) groups is 1. The van der Waals surface area contributed by atoms with Crippen LogP contribution in [0.5, 0.6) is 0 Å². The summed E-state index contributed by atoms with van der Waals surface area (Å²) in [6, 6.07) is 4.73. The van der Waals surface area contributed by atoms with E-state index in [-0.39, 0.29) is 11.6 Å². The SMILES string of the molecule is CC(=O)c1ccc(N2CCN(C)CC2)c(F)c1. The Labute approximate surface area is 101 Å². The van der Waals surface area contributed by atoms with Gasteiger partial charge in [0, 0.05) is 31.7 Å². The summed E-state index contributed by atoms with van der Waals surface area (Å²) in [6.07, 6.45) is 0. The van der Waals surface area contributed by atoms with Crippen LogP contribution < -0.4 is 4.90 Å². The number of carbonyl (C=O) groups excluding carboxylic acids is 1. The van der Waals surface area contributed by atoms with Crippen molar-refractivity contribution in [3.63, 3.8) is 0 Å². The van der Waals surface area contributed by atoms with E-state index in [1.165, 1.54) is 13.0 Å². The first-order valence-corrected chi connectivity index (χ1v) is 5.82.